The third-order valence-electron chi connectivity index (χ3n) is 3.81. The van der Waals surface area contributed by atoms with Gasteiger partial charge in [-0.15, -0.1) is 0 Å². The number of benzene rings is 1. The van der Waals surface area contributed by atoms with E-state index in [0.29, 0.717) is 18.7 Å². The number of hydrogen-bond donors (Lipinski definition) is 0. The fourth-order valence-corrected chi connectivity index (χ4v) is 4.17. The first-order valence-electron chi connectivity index (χ1n) is 7.30. The molecule has 0 N–H and O–H groups in total. The summed E-state index contributed by atoms with van der Waals surface area (Å²) in [6.07, 6.45) is 2.87. The van der Waals surface area contributed by atoms with Crippen molar-refractivity contribution in [2.75, 3.05) is 26.2 Å². The molecule has 0 atom stereocenters. The van der Waals surface area contributed by atoms with Gasteiger partial charge >= 0.3 is 0 Å². The van der Waals surface area contributed by atoms with Gasteiger partial charge in [-0.05, 0) is 30.3 Å². The average Bonchev–Trinajstić information content (AvgIpc) is 2.62. The minimum atomic E-state index is -3.54. The molecule has 1 fully saturated rings. The van der Waals surface area contributed by atoms with Crippen LogP contribution in [0.5, 0.6) is 0 Å². The van der Waals surface area contributed by atoms with Crippen molar-refractivity contribution in [2.24, 2.45) is 0 Å². The SMILES string of the molecule is O=C(c1ccnnc1)N1CCN(S(=O)(=O)c2ccc(Br)cc2)CC1. The number of piperazine rings is 1. The van der Waals surface area contributed by atoms with Gasteiger partial charge in [0, 0.05) is 30.7 Å². The van der Waals surface area contributed by atoms with Crippen LogP contribution in [0.4, 0.5) is 0 Å². The molecule has 2 aromatic rings. The molecule has 0 aliphatic carbocycles. The zero-order chi connectivity index (χ0) is 17.2. The van der Waals surface area contributed by atoms with Crippen molar-refractivity contribution < 1.29 is 13.2 Å². The summed E-state index contributed by atoms with van der Waals surface area (Å²) in [6.45, 7) is 1.22. The molecule has 1 aromatic heterocycles. The molecule has 2 heterocycles. The summed E-state index contributed by atoms with van der Waals surface area (Å²) in [7, 11) is -3.54. The van der Waals surface area contributed by atoms with E-state index < -0.39 is 10.0 Å². The number of sulfonamides is 1. The highest BCUT2D eigenvalue weighted by Gasteiger charge is 2.30. The fraction of sp³-hybridized carbons (Fsp3) is 0.267. The van der Waals surface area contributed by atoms with Crippen molar-refractivity contribution in [3.63, 3.8) is 0 Å². The Kier molecular flexibility index (Phi) is 4.93. The molecule has 1 saturated heterocycles. The third kappa shape index (κ3) is 3.47. The average molecular weight is 411 g/mol. The first-order chi connectivity index (χ1) is 11.5. The topological polar surface area (TPSA) is 83.5 Å². The van der Waals surface area contributed by atoms with E-state index in [-0.39, 0.29) is 23.9 Å². The summed E-state index contributed by atoms with van der Waals surface area (Å²) in [5.74, 6) is -0.161. The van der Waals surface area contributed by atoms with E-state index in [1.165, 1.54) is 16.7 Å². The Bertz CT molecular complexity index is 820. The summed E-state index contributed by atoms with van der Waals surface area (Å²) in [5.41, 5.74) is 0.453. The van der Waals surface area contributed by atoms with E-state index in [1.54, 1.807) is 35.2 Å². The van der Waals surface area contributed by atoms with Gasteiger partial charge in [-0.3, -0.25) is 4.79 Å². The summed E-state index contributed by atoms with van der Waals surface area (Å²) in [5, 5.41) is 7.34. The van der Waals surface area contributed by atoms with E-state index in [4.69, 9.17) is 0 Å². The second-order valence-corrected chi connectivity index (χ2v) is 8.13. The number of amides is 1. The van der Waals surface area contributed by atoms with Crippen LogP contribution in [-0.4, -0.2) is 59.9 Å². The monoisotopic (exact) mass is 410 g/mol. The first kappa shape index (κ1) is 17.0. The van der Waals surface area contributed by atoms with Gasteiger partial charge in [0.1, 0.15) is 0 Å². The van der Waals surface area contributed by atoms with Gasteiger partial charge in [0.05, 0.1) is 22.9 Å². The lowest BCUT2D eigenvalue weighted by Crippen LogP contribution is -2.50. The first-order valence-corrected chi connectivity index (χ1v) is 9.53. The quantitative estimate of drug-likeness (QED) is 0.762. The van der Waals surface area contributed by atoms with Crippen molar-refractivity contribution in [2.45, 2.75) is 4.90 Å². The molecule has 0 saturated carbocycles. The molecule has 3 rings (SSSR count). The van der Waals surface area contributed by atoms with Crippen LogP contribution in [-0.2, 0) is 10.0 Å². The molecule has 7 nitrogen and oxygen atoms in total. The molecule has 1 aliphatic rings. The molecule has 0 radical (unpaired) electrons. The van der Waals surface area contributed by atoms with E-state index in [2.05, 4.69) is 26.1 Å². The lowest BCUT2D eigenvalue weighted by Gasteiger charge is -2.34. The Balaban J connectivity index is 1.68. The molecular weight excluding hydrogens is 396 g/mol. The molecule has 9 heteroatoms. The molecule has 126 valence electrons. The highest BCUT2D eigenvalue weighted by atomic mass is 79.9. The number of hydrogen-bond acceptors (Lipinski definition) is 5. The van der Waals surface area contributed by atoms with Crippen LogP contribution in [0, 0.1) is 0 Å². The number of nitrogens with zero attached hydrogens (tertiary/aromatic N) is 4. The maximum atomic E-state index is 12.6. The lowest BCUT2D eigenvalue weighted by molar-refractivity contribution is 0.0697. The zero-order valence-electron chi connectivity index (χ0n) is 12.7. The maximum Gasteiger partial charge on any atom is 0.255 e. The Hall–Kier alpha value is -1.84. The lowest BCUT2D eigenvalue weighted by atomic mass is 10.2. The Labute approximate surface area is 148 Å². The smallest absolute Gasteiger partial charge is 0.255 e. The molecule has 1 aromatic carbocycles. The van der Waals surface area contributed by atoms with E-state index >= 15 is 0 Å². The second kappa shape index (κ2) is 6.96. The molecule has 24 heavy (non-hydrogen) atoms. The predicted molar refractivity (Wildman–Crippen MR) is 90.8 cm³/mol. The minimum Gasteiger partial charge on any atom is -0.336 e. The van der Waals surface area contributed by atoms with Gasteiger partial charge in [0.2, 0.25) is 10.0 Å². The summed E-state index contributed by atoms with van der Waals surface area (Å²) >= 11 is 3.29. The van der Waals surface area contributed by atoms with E-state index in [9.17, 15) is 13.2 Å². The zero-order valence-corrected chi connectivity index (χ0v) is 15.1. The van der Waals surface area contributed by atoms with Crippen LogP contribution in [0.1, 0.15) is 10.4 Å². The van der Waals surface area contributed by atoms with Crippen molar-refractivity contribution in [1.29, 1.82) is 0 Å². The van der Waals surface area contributed by atoms with Crippen LogP contribution in [0.15, 0.2) is 52.1 Å². The predicted octanol–water partition coefficient (Wildman–Crippen LogP) is 1.39. The molecule has 0 spiro atoms. The normalized spacial score (nSPS) is 16.1. The van der Waals surface area contributed by atoms with Crippen molar-refractivity contribution in [3.05, 3.63) is 52.8 Å². The largest absolute Gasteiger partial charge is 0.336 e. The number of carbonyl (C=O) groups is 1. The van der Waals surface area contributed by atoms with Crippen LogP contribution in [0.2, 0.25) is 0 Å². The standard InChI is InChI=1S/C15H15BrN4O3S/c16-13-1-3-14(4-2-13)24(22,23)20-9-7-19(8-10-20)15(21)12-5-6-17-18-11-12/h1-6,11H,7-10H2. The van der Waals surface area contributed by atoms with E-state index in [0.717, 1.165) is 4.47 Å². The molecule has 1 amide bonds. The Morgan fingerprint density at radius 3 is 2.25 bits per heavy atom. The van der Waals surface area contributed by atoms with Gasteiger partial charge in [0.15, 0.2) is 0 Å². The van der Waals surface area contributed by atoms with Gasteiger partial charge in [-0.25, -0.2) is 8.42 Å². The van der Waals surface area contributed by atoms with E-state index in [1.807, 2.05) is 0 Å². The van der Waals surface area contributed by atoms with Crippen molar-refractivity contribution in [1.82, 2.24) is 19.4 Å². The second-order valence-electron chi connectivity index (χ2n) is 5.28. The fourth-order valence-electron chi connectivity index (χ4n) is 2.49. The summed E-state index contributed by atoms with van der Waals surface area (Å²) < 4.78 is 27.5. The molecular formula is C15H15BrN4O3S. The molecule has 0 bridgehead atoms. The van der Waals surface area contributed by atoms with Crippen LogP contribution in [0.25, 0.3) is 0 Å². The Morgan fingerprint density at radius 2 is 1.67 bits per heavy atom. The van der Waals surface area contributed by atoms with Gasteiger partial charge in [-0.2, -0.15) is 14.5 Å². The van der Waals surface area contributed by atoms with Crippen molar-refractivity contribution in [3.8, 4) is 0 Å². The molecule has 0 unspecified atom stereocenters. The molecule has 1 aliphatic heterocycles. The summed E-state index contributed by atoms with van der Waals surface area (Å²) in [6, 6.07) is 8.13. The number of halogens is 1. The minimum absolute atomic E-state index is 0.161. The maximum absolute atomic E-state index is 12.6. The Morgan fingerprint density at radius 1 is 1.00 bits per heavy atom. The van der Waals surface area contributed by atoms with Crippen molar-refractivity contribution >= 4 is 31.9 Å². The van der Waals surface area contributed by atoms with Crippen LogP contribution in [0.3, 0.4) is 0 Å². The van der Waals surface area contributed by atoms with Gasteiger partial charge in [0.25, 0.3) is 5.91 Å². The number of aromatic nitrogens is 2. The van der Waals surface area contributed by atoms with Crippen LogP contribution < -0.4 is 0 Å². The van der Waals surface area contributed by atoms with Crippen LogP contribution >= 0.6 is 15.9 Å². The van der Waals surface area contributed by atoms with Gasteiger partial charge < -0.3 is 4.90 Å². The number of carbonyl (C=O) groups excluding carboxylic acids is 1. The highest BCUT2D eigenvalue weighted by Crippen LogP contribution is 2.20. The summed E-state index contributed by atoms with van der Waals surface area (Å²) in [4.78, 5) is 14.2. The third-order valence-corrected chi connectivity index (χ3v) is 6.25. The van der Waals surface area contributed by atoms with Gasteiger partial charge in [-0.1, -0.05) is 15.9 Å². The highest BCUT2D eigenvalue weighted by molar-refractivity contribution is 9.10. The number of rotatable bonds is 3.